The first-order valence-electron chi connectivity index (χ1n) is 18.5. The quantitative estimate of drug-likeness (QED) is 0.249. The van der Waals surface area contributed by atoms with Crippen molar-refractivity contribution in [1.82, 2.24) is 19.9 Å². The van der Waals surface area contributed by atoms with Crippen molar-refractivity contribution >= 4 is 0 Å². The minimum absolute atomic E-state index is 0.376. The molecule has 0 unspecified atom stereocenters. The fraction of sp³-hybridized carbons (Fsp3) is 0.500. The summed E-state index contributed by atoms with van der Waals surface area (Å²) in [6.45, 7) is 8.96. The molecule has 5 heterocycles. The molecule has 8 bridgehead atoms. The number of hydrogen-bond donors (Lipinski definition) is 0. The van der Waals surface area contributed by atoms with Crippen LogP contribution in [-0.4, -0.2) is 126 Å². The average Bonchev–Trinajstić information content (AvgIpc) is 3.21. The zero-order chi connectivity index (χ0) is 37.1. The SMILES string of the molecule is c1cc2nc(c1)-c1cccc(n1)COCCOCCOCCOCCOCc1cccc(n1)-c1cccc(n1)COCCOCCOCCOCCOC2. The van der Waals surface area contributed by atoms with Crippen molar-refractivity contribution in [1.29, 1.82) is 0 Å². The lowest BCUT2D eigenvalue weighted by molar-refractivity contribution is -0.0142. The third-order valence-electron chi connectivity index (χ3n) is 7.73. The van der Waals surface area contributed by atoms with E-state index < -0.39 is 0 Å². The number of aromatic nitrogens is 4. The van der Waals surface area contributed by atoms with Crippen LogP contribution in [0.15, 0.2) is 72.8 Å². The number of rotatable bonds is 0. The molecule has 4 aromatic heterocycles. The monoisotopic (exact) mass is 748 g/mol. The summed E-state index contributed by atoms with van der Waals surface area (Å²) in [5, 5.41) is 0. The number of fused-ring (bicyclic) bond motifs is 10. The molecule has 0 saturated carbocycles. The molecule has 54 heavy (non-hydrogen) atoms. The summed E-state index contributed by atoms with van der Waals surface area (Å²) in [7, 11) is 0. The van der Waals surface area contributed by atoms with Gasteiger partial charge in [0.15, 0.2) is 0 Å². The highest BCUT2D eigenvalue weighted by molar-refractivity contribution is 5.55. The summed E-state index contributed by atoms with van der Waals surface area (Å²) in [6, 6.07) is 23.3. The Balaban J connectivity index is 1.03. The van der Waals surface area contributed by atoms with Gasteiger partial charge in [0, 0.05) is 0 Å². The molecule has 5 rings (SSSR count). The highest BCUT2D eigenvalue weighted by Gasteiger charge is 2.07. The second kappa shape index (κ2) is 26.1. The van der Waals surface area contributed by atoms with Gasteiger partial charge < -0.3 is 47.4 Å². The van der Waals surface area contributed by atoms with Crippen molar-refractivity contribution in [3.8, 4) is 22.8 Å². The third kappa shape index (κ3) is 16.7. The fourth-order valence-electron chi connectivity index (χ4n) is 5.07. The zero-order valence-corrected chi connectivity index (χ0v) is 30.9. The highest BCUT2D eigenvalue weighted by Crippen LogP contribution is 2.17. The molecule has 1 aliphatic rings. The Bertz CT molecular complexity index is 1370. The predicted octanol–water partition coefficient (Wildman–Crippen LogP) is 4.48. The van der Waals surface area contributed by atoms with Crippen LogP contribution in [0.25, 0.3) is 22.8 Å². The van der Waals surface area contributed by atoms with Gasteiger partial charge in [-0.05, 0) is 48.5 Å². The van der Waals surface area contributed by atoms with E-state index in [9.17, 15) is 0 Å². The van der Waals surface area contributed by atoms with Gasteiger partial charge in [0.25, 0.3) is 0 Å². The van der Waals surface area contributed by atoms with Crippen molar-refractivity contribution in [2.45, 2.75) is 26.4 Å². The molecule has 0 aromatic carbocycles. The van der Waals surface area contributed by atoms with E-state index >= 15 is 0 Å². The minimum Gasteiger partial charge on any atom is -0.377 e. The van der Waals surface area contributed by atoms with Crippen molar-refractivity contribution in [2.75, 3.05) is 106 Å². The van der Waals surface area contributed by atoms with E-state index in [0.29, 0.717) is 132 Å². The van der Waals surface area contributed by atoms with Crippen LogP contribution in [0.5, 0.6) is 0 Å². The van der Waals surface area contributed by atoms with Crippen LogP contribution in [0.2, 0.25) is 0 Å². The van der Waals surface area contributed by atoms with Crippen LogP contribution >= 0.6 is 0 Å². The molecule has 0 spiro atoms. The maximum Gasteiger partial charge on any atom is 0.0890 e. The summed E-state index contributed by atoms with van der Waals surface area (Å²) >= 11 is 0. The van der Waals surface area contributed by atoms with Gasteiger partial charge in [-0.3, -0.25) is 0 Å². The molecule has 1 aliphatic heterocycles. The average molecular weight is 749 g/mol. The Kier molecular flexibility index (Phi) is 20.0. The standard InChI is InChI=1S/C40H52N4O10/c1-5-33-29-51-25-21-47-17-13-45-14-19-49-23-27-53-31-35-7-3-11-39(43-35)40-12-4-8-36(44-40)32-54-28-24-50-20-16-46-15-18-48-22-26-52-30-34-6-2-10-38(42-34)37(9-1)41-33/h1-12H,13-32H2. The molecule has 0 saturated heterocycles. The Morgan fingerprint density at radius 2 is 0.426 bits per heavy atom. The molecule has 14 nitrogen and oxygen atoms in total. The van der Waals surface area contributed by atoms with Gasteiger partial charge in [0.05, 0.1) is 178 Å². The first kappa shape index (κ1) is 41.4. The Hall–Kier alpha value is -3.80. The Labute approximate surface area is 317 Å². The smallest absolute Gasteiger partial charge is 0.0890 e. The van der Waals surface area contributed by atoms with Gasteiger partial charge in [0.2, 0.25) is 0 Å². The summed E-state index contributed by atoms with van der Waals surface area (Å²) in [5.41, 5.74) is 6.37. The lowest BCUT2D eigenvalue weighted by atomic mass is 10.2. The molecule has 0 radical (unpaired) electrons. The van der Waals surface area contributed by atoms with Crippen LogP contribution in [0.4, 0.5) is 0 Å². The summed E-state index contributed by atoms with van der Waals surface area (Å²) in [6.07, 6.45) is 0. The summed E-state index contributed by atoms with van der Waals surface area (Å²) in [5.74, 6) is 0. The molecule has 0 amide bonds. The topological polar surface area (TPSA) is 144 Å². The Morgan fingerprint density at radius 1 is 0.241 bits per heavy atom. The molecule has 0 fully saturated rings. The van der Waals surface area contributed by atoms with Gasteiger partial charge >= 0.3 is 0 Å². The van der Waals surface area contributed by atoms with Gasteiger partial charge in [-0.2, -0.15) is 0 Å². The lowest BCUT2D eigenvalue weighted by Gasteiger charge is -2.10. The number of hydrogen-bond acceptors (Lipinski definition) is 14. The molecule has 0 N–H and O–H groups in total. The molecule has 0 aliphatic carbocycles. The molecule has 0 atom stereocenters. The fourth-order valence-corrected chi connectivity index (χ4v) is 5.07. The second-order valence-electron chi connectivity index (χ2n) is 11.9. The largest absolute Gasteiger partial charge is 0.377 e. The van der Waals surface area contributed by atoms with Gasteiger partial charge in [-0.1, -0.05) is 24.3 Å². The molecular weight excluding hydrogens is 696 g/mol. The number of nitrogens with zero attached hydrogens (tertiary/aromatic N) is 4. The van der Waals surface area contributed by atoms with Crippen LogP contribution in [0, 0.1) is 0 Å². The van der Waals surface area contributed by atoms with E-state index in [1.165, 1.54) is 0 Å². The van der Waals surface area contributed by atoms with Crippen LogP contribution in [0.3, 0.4) is 0 Å². The maximum atomic E-state index is 5.78. The minimum atomic E-state index is 0.376. The zero-order valence-electron chi connectivity index (χ0n) is 30.9. The van der Waals surface area contributed by atoms with E-state index in [1.807, 2.05) is 72.8 Å². The predicted molar refractivity (Wildman–Crippen MR) is 198 cm³/mol. The normalized spacial score (nSPS) is 18.4. The van der Waals surface area contributed by atoms with Gasteiger partial charge in [-0.25, -0.2) is 19.9 Å². The molecule has 14 heteroatoms. The van der Waals surface area contributed by atoms with Gasteiger partial charge in [0.1, 0.15) is 0 Å². The molecular formula is C40H52N4O10. The van der Waals surface area contributed by atoms with Gasteiger partial charge in [-0.15, -0.1) is 0 Å². The number of pyridine rings is 4. The Morgan fingerprint density at radius 3 is 0.630 bits per heavy atom. The van der Waals surface area contributed by atoms with Crippen LogP contribution < -0.4 is 0 Å². The van der Waals surface area contributed by atoms with E-state index in [2.05, 4.69) is 0 Å². The lowest BCUT2D eigenvalue weighted by Crippen LogP contribution is -2.13. The molecule has 4 aromatic rings. The summed E-state index contributed by atoms with van der Waals surface area (Å²) in [4.78, 5) is 18.9. The van der Waals surface area contributed by atoms with Crippen molar-refractivity contribution in [3.63, 3.8) is 0 Å². The first-order chi connectivity index (χ1) is 26.8. The van der Waals surface area contributed by atoms with E-state index in [1.54, 1.807) is 0 Å². The maximum absolute atomic E-state index is 5.78. The number of ether oxygens (including phenoxy) is 10. The van der Waals surface area contributed by atoms with Crippen molar-refractivity contribution < 1.29 is 47.4 Å². The van der Waals surface area contributed by atoms with E-state index in [4.69, 9.17) is 67.3 Å². The second-order valence-corrected chi connectivity index (χ2v) is 11.9. The van der Waals surface area contributed by atoms with Crippen molar-refractivity contribution in [3.05, 3.63) is 95.6 Å². The van der Waals surface area contributed by atoms with Crippen LogP contribution in [0.1, 0.15) is 22.8 Å². The third-order valence-corrected chi connectivity index (χ3v) is 7.73. The summed E-state index contributed by atoms with van der Waals surface area (Å²) < 4.78 is 56.8. The molecule has 292 valence electrons. The van der Waals surface area contributed by atoms with Crippen molar-refractivity contribution in [2.24, 2.45) is 0 Å². The van der Waals surface area contributed by atoms with E-state index in [-0.39, 0.29) is 0 Å². The first-order valence-corrected chi connectivity index (χ1v) is 18.5. The highest BCUT2D eigenvalue weighted by atomic mass is 16.6. The van der Waals surface area contributed by atoms with E-state index in [0.717, 1.165) is 45.6 Å². The van der Waals surface area contributed by atoms with Crippen LogP contribution in [-0.2, 0) is 73.8 Å².